The third-order valence-electron chi connectivity index (χ3n) is 4.57. The smallest absolute Gasteiger partial charge is 0.309 e. The molecule has 0 fully saturated rings. The summed E-state index contributed by atoms with van der Waals surface area (Å²) in [6.45, 7) is 1.04. The number of rotatable bonds is 6. The molecule has 0 unspecified atom stereocenters. The maximum atomic E-state index is 13.1. The molecule has 12 heteroatoms. The average molecular weight is 477 g/mol. The largest absolute Gasteiger partial charge is 0.416 e. The molecule has 0 aliphatic heterocycles. The number of amides is 1. The average Bonchev–Trinajstić information content (AvgIpc) is 3.13. The summed E-state index contributed by atoms with van der Waals surface area (Å²) in [5.41, 5.74) is -0.0840. The lowest BCUT2D eigenvalue weighted by Crippen LogP contribution is -2.35. The van der Waals surface area contributed by atoms with Gasteiger partial charge in [0.2, 0.25) is 15.9 Å². The SMILES string of the molecule is Cc1cc(NC(=O)CN(C)S(=O)(=O)c2ccc(C#N)cc2)n(-c2cccc(C(F)(F)F)c2)n1. The van der Waals surface area contributed by atoms with Crippen LogP contribution in [0.3, 0.4) is 0 Å². The van der Waals surface area contributed by atoms with Crippen LogP contribution in [-0.2, 0) is 21.0 Å². The van der Waals surface area contributed by atoms with Gasteiger partial charge in [0.05, 0.1) is 40.0 Å². The molecular weight excluding hydrogens is 459 g/mol. The number of aryl methyl sites for hydroxylation is 1. The third-order valence-corrected chi connectivity index (χ3v) is 6.39. The van der Waals surface area contributed by atoms with Gasteiger partial charge in [-0.1, -0.05) is 6.07 Å². The first-order valence-corrected chi connectivity index (χ1v) is 10.9. The monoisotopic (exact) mass is 477 g/mol. The van der Waals surface area contributed by atoms with Gasteiger partial charge in [0, 0.05) is 13.1 Å². The molecule has 172 valence electrons. The quantitative estimate of drug-likeness (QED) is 0.586. The fourth-order valence-electron chi connectivity index (χ4n) is 2.95. The van der Waals surface area contributed by atoms with Crippen molar-refractivity contribution in [1.82, 2.24) is 14.1 Å². The van der Waals surface area contributed by atoms with Crippen molar-refractivity contribution in [1.29, 1.82) is 5.26 Å². The van der Waals surface area contributed by atoms with Crippen LogP contribution in [-0.4, -0.2) is 42.0 Å². The van der Waals surface area contributed by atoms with Gasteiger partial charge in [-0.2, -0.15) is 27.8 Å². The second-order valence-corrected chi connectivity index (χ2v) is 9.12. The number of carbonyl (C=O) groups excluding carboxylic acids is 1. The summed E-state index contributed by atoms with van der Waals surface area (Å²) >= 11 is 0. The van der Waals surface area contributed by atoms with E-state index in [4.69, 9.17) is 5.26 Å². The molecule has 1 amide bonds. The molecular formula is C21H18F3N5O3S. The first kappa shape index (κ1) is 24.0. The predicted octanol–water partition coefficient (Wildman–Crippen LogP) is 3.33. The van der Waals surface area contributed by atoms with Crippen molar-refractivity contribution < 1.29 is 26.4 Å². The fourth-order valence-corrected chi connectivity index (χ4v) is 4.08. The lowest BCUT2D eigenvalue weighted by molar-refractivity contribution is -0.137. The topological polar surface area (TPSA) is 108 Å². The second kappa shape index (κ2) is 9.05. The molecule has 0 aliphatic carbocycles. The maximum Gasteiger partial charge on any atom is 0.416 e. The highest BCUT2D eigenvalue weighted by molar-refractivity contribution is 7.89. The van der Waals surface area contributed by atoms with E-state index in [0.717, 1.165) is 21.1 Å². The van der Waals surface area contributed by atoms with E-state index in [9.17, 15) is 26.4 Å². The minimum Gasteiger partial charge on any atom is -0.309 e. The summed E-state index contributed by atoms with van der Waals surface area (Å²) in [5, 5.41) is 15.5. The van der Waals surface area contributed by atoms with Crippen molar-refractivity contribution in [3.8, 4) is 11.8 Å². The Kier molecular flexibility index (Phi) is 6.57. The van der Waals surface area contributed by atoms with Crippen LogP contribution in [0.2, 0.25) is 0 Å². The Hall–Kier alpha value is -3.69. The van der Waals surface area contributed by atoms with Gasteiger partial charge in [-0.05, 0) is 49.4 Å². The number of hydrogen-bond acceptors (Lipinski definition) is 5. The van der Waals surface area contributed by atoms with Crippen LogP contribution in [0.25, 0.3) is 5.69 Å². The molecule has 8 nitrogen and oxygen atoms in total. The Morgan fingerprint density at radius 2 is 1.85 bits per heavy atom. The zero-order valence-corrected chi connectivity index (χ0v) is 18.3. The second-order valence-electron chi connectivity index (χ2n) is 7.08. The van der Waals surface area contributed by atoms with Crippen molar-refractivity contribution in [3.63, 3.8) is 0 Å². The molecule has 2 aromatic carbocycles. The Bertz CT molecular complexity index is 1330. The van der Waals surface area contributed by atoms with Crippen molar-refractivity contribution >= 4 is 21.7 Å². The lowest BCUT2D eigenvalue weighted by atomic mass is 10.2. The summed E-state index contributed by atoms with van der Waals surface area (Å²) < 4.78 is 66.5. The van der Waals surface area contributed by atoms with E-state index in [-0.39, 0.29) is 22.0 Å². The van der Waals surface area contributed by atoms with Crippen LogP contribution in [0.1, 0.15) is 16.8 Å². The molecule has 3 aromatic rings. The number of alkyl halides is 3. The number of halogens is 3. The van der Waals surface area contributed by atoms with Gasteiger partial charge < -0.3 is 5.32 Å². The van der Waals surface area contributed by atoms with Gasteiger partial charge in [0.15, 0.2) is 0 Å². The van der Waals surface area contributed by atoms with Crippen molar-refractivity contribution in [2.75, 3.05) is 18.9 Å². The highest BCUT2D eigenvalue weighted by Gasteiger charge is 2.31. The van der Waals surface area contributed by atoms with Gasteiger partial charge >= 0.3 is 6.18 Å². The van der Waals surface area contributed by atoms with E-state index < -0.39 is 34.2 Å². The number of nitriles is 1. The molecule has 0 atom stereocenters. The van der Waals surface area contributed by atoms with E-state index >= 15 is 0 Å². The maximum absolute atomic E-state index is 13.1. The van der Waals surface area contributed by atoms with Crippen LogP contribution in [0.15, 0.2) is 59.5 Å². The highest BCUT2D eigenvalue weighted by atomic mass is 32.2. The minimum atomic E-state index is -4.55. The Morgan fingerprint density at radius 1 is 1.18 bits per heavy atom. The van der Waals surface area contributed by atoms with E-state index in [1.165, 1.54) is 49.5 Å². The van der Waals surface area contributed by atoms with E-state index in [1.54, 1.807) is 6.92 Å². The molecule has 0 spiro atoms. The number of nitrogens with zero attached hydrogens (tertiary/aromatic N) is 4. The van der Waals surface area contributed by atoms with Gasteiger partial charge in [0.25, 0.3) is 0 Å². The first-order chi connectivity index (χ1) is 15.4. The highest BCUT2D eigenvalue weighted by Crippen LogP contribution is 2.31. The summed E-state index contributed by atoms with van der Waals surface area (Å²) in [4.78, 5) is 12.4. The molecule has 0 bridgehead atoms. The third kappa shape index (κ3) is 5.39. The Balaban J connectivity index is 1.79. The number of sulfonamides is 1. The summed E-state index contributed by atoms with van der Waals surface area (Å²) in [6, 6.07) is 13.0. The zero-order chi connectivity index (χ0) is 24.4. The van der Waals surface area contributed by atoms with Crippen molar-refractivity contribution in [2.24, 2.45) is 0 Å². The molecule has 0 radical (unpaired) electrons. The molecule has 0 aliphatic rings. The van der Waals surface area contributed by atoms with E-state index in [1.807, 2.05) is 6.07 Å². The zero-order valence-electron chi connectivity index (χ0n) is 17.5. The van der Waals surface area contributed by atoms with E-state index in [2.05, 4.69) is 10.4 Å². The number of hydrogen-bond donors (Lipinski definition) is 1. The number of benzene rings is 2. The van der Waals surface area contributed by atoms with E-state index in [0.29, 0.717) is 5.69 Å². The van der Waals surface area contributed by atoms with Crippen LogP contribution < -0.4 is 5.32 Å². The molecule has 3 rings (SSSR count). The van der Waals surface area contributed by atoms with Crippen LogP contribution in [0.5, 0.6) is 0 Å². The standard InChI is InChI=1S/C21H18F3N5O3S/c1-14-10-19(29(27-14)17-5-3-4-16(11-17)21(22,23)24)26-20(30)13-28(2)33(31,32)18-8-6-15(12-25)7-9-18/h3-11H,13H2,1-2H3,(H,26,30). The normalized spacial score (nSPS) is 11.9. The summed E-state index contributed by atoms with van der Waals surface area (Å²) in [6.07, 6.45) is -4.55. The van der Waals surface area contributed by atoms with Gasteiger partial charge in [-0.25, -0.2) is 13.1 Å². The van der Waals surface area contributed by atoms with Crippen LogP contribution in [0.4, 0.5) is 19.0 Å². The molecule has 1 aromatic heterocycles. The number of carbonyl (C=O) groups is 1. The van der Waals surface area contributed by atoms with Gasteiger partial charge in [0.1, 0.15) is 5.82 Å². The Morgan fingerprint density at radius 3 is 2.45 bits per heavy atom. The molecule has 1 heterocycles. The number of anilines is 1. The van der Waals surface area contributed by atoms with Crippen molar-refractivity contribution in [2.45, 2.75) is 18.0 Å². The van der Waals surface area contributed by atoms with Gasteiger partial charge in [-0.15, -0.1) is 0 Å². The molecule has 0 saturated heterocycles. The first-order valence-electron chi connectivity index (χ1n) is 9.42. The van der Waals surface area contributed by atoms with Gasteiger partial charge in [-0.3, -0.25) is 4.79 Å². The number of nitrogens with one attached hydrogen (secondary N) is 1. The molecule has 1 N–H and O–H groups in total. The fraction of sp³-hybridized carbons (Fsp3) is 0.190. The van der Waals surface area contributed by atoms with Crippen LogP contribution >= 0.6 is 0 Å². The van der Waals surface area contributed by atoms with Crippen molar-refractivity contribution in [3.05, 3.63) is 71.4 Å². The molecule has 0 saturated carbocycles. The summed E-state index contributed by atoms with van der Waals surface area (Å²) in [5.74, 6) is -0.635. The predicted molar refractivity (Wildman–Crippen MR) is 113 cm³/mol. The van der Waals surface area contributed by atoms with Crippen LogP contribution in [0, 0.1) is 18.3 Å². The number of likely N-dealkylation sites (N-methyl/N-ethyl adjacent to an activating group) is 1. The summed E-state index contributed by atoms with van der Waals surface area (Å²) in [7, 11) is -2.80. The minimum absolute atomic E-state index is 0.0757. The molecule has 33 heavy (non-hydrogen) atoms. The number of aromatic nitrogens is 2. The Labute approximate surface area is 187 Å². The lowest BCUT2D eigenvalue weighted by Gasteiger charge is -2.17.